The smallest absolute Gasteiger partial charge is 0.332 e. The van der Waals surface area contributed by atoms with E-state index in [2.05, 4.69) is 40.9 Å². The summed E-state index contributed by atoms with van der Waals surface area (Å²) < 4.78 is 44.7. The number of ether oxygens (including phenoxy) is 4. The summed E-state index contributed by atoms with van der Waals surface area (Å²) in [6.45, 7) is 7.51. The molecule has 1 aromatic carbocycles. The number of amides is 3. The highest BCUT2D eigenvalue weighted by Crippen LogP contribution is 2.34. The molecule has 3 amide bonds. The van der Waals surface area contributed by atoms with Gasteiger partial charge in [0.05, 0.1) is 26.4 Å². The first-order chi connectivity index (χ1) is 30.5. The van der Waals surface area contributed by atoms with Crippen molar-refractivity contribution in [1.29, 1.82) is 0 Å². The molecule has 10 bridgehead atoms. The van der Waals surface area contributed by atoms with Crippen molar-refractivity contribution in [2.75, 3.05) is 46.8 Å². The Hall–Kier alpha value is -6.55. The molecule has 0 radical (unpaired) electrons. The fourth-order valence-electron chi connectivity index (χ4n) is 6.24. The number of carbonyl (C=O) groups is 4. The van der Waals surface area contributed by atoms with E-state index in [0.717, 1.165) is 0 Å². The maximum Gasteiger partial charge on any atom is 0.332 e. The molecule has 0 fully saturated rings. The van der Waals surface area contributed by atoms with Crippen LogP contribution in [0.25, 0.3) is 56.8 Å². The first-order valence-corrected chi connectivity index (χ1v) is 21.0. The second-order valence-electron chi connectivity index (χ2n) is 14.7. The summed E-state index contributed by atoms with van der Waals surface area (Å²) in [5.41, 5.74) is 1.57. The quantitative estimate of drug-likeness (QED) is 0.0948. The first-order valence-electron chi connectivity index (χ1n) is 20.1. The van der Waals surface area contributed by atoms with Crippen LogP contribution in [0, 0.1) is 11.8 Å². The van der Waals surface area contributed by atoms with E-state index >= 15 is 0 Å². The Morgan fingerprint density at radius 1 is 0.762 bits per heavy atom. The van der Waals surface area contributed by atoms with Gasteiger partial charge in [0, 0.05) is 18.1 Å². The number of hydrogen-bond acceptors (Lipinski definition) is 18. The number of methoxy groups -OCH3 is 1. The van der Waals surface area contributed by atoms with Crippen LogP contribution < -0.4 is 16.0 Å². The van der Waals surface area contributed by atoms with Gasteiger partial charge in [-0.2, -0.15) is 0 Å². The zero-order valence-electron chi connectivity index (χ0n) is 35.1. The number of hydrogen-bond donors (Lipinski definition) is 3. The van der Waals surface area contributed by atoms with Crippen LogP contribution in [-0.2, 0) is 33.3 Å². The first kappa shape index (κ1) is 44.5. The van der Waals surface area contributed by atoms with Crippen molar-refractivity contribution in [3.63, 3.8) is 0 Å². The van der Waals surface area contributed by atoms with Crippen LogP contribution >= 0.6 is 11.3 Å². The van der Waals surface area contributed by atoms with E-state index in [0.29, 0.717) is 41.6 Å². The van der Waals surface area contributed by atoms with E-state index in [1.165, 1.54) is 30.1 Å². The molecule has 1 aliphatic rings. The lowest BCUT2D eigenvalue weighted by Gasteiger charge is -2.28. The number of oxazole rings is 4. The van der Waals surface area contributed by atoms with E-state index < -0.39 is 66.9 Å². The highest BCUT2D eigenvalue weighted by molar-refractivity contribution is 7.13. The van der Waals surface area contributed by atoms with E-state index in [4.69, 9.17) is 36.6 Å². The zero-order chi connectivity index (χ0) is 44.5. The van der Waals surface area contributed by atoms with E-state index in [1.54, 1.807) is 57.5 Å². The topological polar surface area (TPSA) is 258 Å². The Labute approximate surface area is 364 Å². The molecule has 0 unspecified atom stereocenters. The second kappa shape index (κ2) is 20.5. The average molecular weight is 887 g/mol. The highest BCUT2D eigenvalue weighted by Gasteiger charge is 2.35. The number of carbonyl (C=O) groups excluding carboxylic acids is 4. The van der Waals surface area contributed by atoms with Crippen LogP contribution in [0.5, 0.6) is 0 Å². The summed E-state index contributed by atoms with van der Waals surface area (Å²) >= 11 is 1.26. The third kappa shape index (κ3) is 10.7. The van der Waals surface area contributed by atoms with Gasteiger partial charge in [-0.3, -0.25) is 14.4 Å². The Kier molecular flexibility index (Phi) is 14.5. The Morgan fingerprint density at radius 2 is 1.44 bits per heavy atom. The van der Waals surface area contributed by atoms with Crippen molar-refractivity contribution in [3.05, 3.63) is 66.1 Å². The molecular weight excluding hydrogens is 841 g/mol. The molecule has 0 saturated carbocycles. The Bertz CT molecular complexity index is 2490. The fourth-order valence-corrected chi connectivity index (χ4v) is 6.99. The van der Waals surface area contributed by atoms with Crippen LogP contribution in [0.1, 0.15) is 56.5 Å². The molecule has 5 aromatic heterocycles. The monoisotopic (exact) mass is 886 g/mol. The molecular formula is C42H46N8O12S. The molecule has 6 aromatic rings. The number of rotatable bonds is 14. The summed E-state index contributed by atoms with van der Waals surface area (Å²) in [7, 11) is 1.56. The van der Waals surface area contributed by atoms with Gasteiger partial charge in [-0.1, -0.05) is 64.4 Å². The minimum Gasteiger partial charge on any atom is -0.461 e. The molecule has 0 saturated heterocycles. The largest absolute Gasteiger partial charge is 0.461 e. The molecule has 7 rings (SSSR count). The number of esters is 1. The fraction of sp³-hybridized carbons (Fsp3) is 0.405. The van der Waals surface area contributed by atoms with Gasteiger partial charge >= 0.3 is 5.97 Å². The Balaban J connectivity index is 1.22. The summed E-state index contributed by atoms with van der Waals surface area (Å²) in [5.74, 6) is -3.26. The highest BCUT2D eigenvalue weighted by atomic mass is 32.1. The molecule has 1 aliphatic heterocycles. The van der Waals surface area contributed by atoms with Crippen molar-refractivity contribution in [2.45, 2.75) is 52.2 Å². The van der Waals surface area contributed by atoms with Crippen LogP contribution in [0.15, 0.2) is 72.2 Å². The Morgan fingerprint density at radius 3 is 2.21 bits per heavy atom. The normalized spacial score (nSPS) is 17.4. The lowest BCUT2D eigenvalue weighted by Crippen LogP contribution is -2.57. The van der Waals surface area contributed by atoms with Crippen molar-refractivity contribution < 1.29 is 55.8 Å². The predicted octanol–water partition coefficient (Wildman–Crippen LogP) is 5.11. The van der Waals surface area contributed by atoms with Crippen molar-refractivity contribution in [3.8, 4) is 56.8 Å². The average Bonchev–Trinajstić information content (AvgIpc) is 4.14. The van der Waals surface area contributed by atoms with Gasteiger partial charge in [-0.15, -0.1) is 11.3 Å². The summed E-state index contributed by atoms with van der Waals surface area (Å²) in [6.07, 6.45) is 4.50. The van der Waals surface area contributed by atoms with Crippen LogP contribution in [0.2, 0.25) is 0 Å². The number of aromatic nitrogens is 5. The summed E-state index contributed by atoms with van der Waals surface area (Å²) in [4.78, 5) is 78.2. The van der Waals surface area contributed by atoms with Gasteiger partial charge in [-0.05, 0) is 11.8 Å². The van der Waals surface area contributed by atoms with Crippen LogP contribution in [0.4, 0.5) is 0 Å². The number of nitrogens with one attached hydrogen (secondary N) is 3. The molecule has 63 heavy (non-hydrogen) atoms. The number of nitrogens with zero attached hydrogens (tertiary/aromatic N) is 5. The molecule has 0 spiro atoms. The second-order valence-corrected chi connectivity index (χ2v) is 15.6. The van der Waals surface area contributed by atoms with Gasteiger partial charge in [0.1, 0.15) is 66.5 Å². The number of benzene rings is 1. The van der Waals surface area contributed by atoms with Crippen LogP contribution in [-0.4, -0.2) is 107 Å². The van der Waals surface area contributed by atoms with Crippen molar-refractivity contribution in [1.82, 2.24) is 40.9 Å². The summed E-state index contributed by atoms with van der Waals surface area (Å²) in [5, 5.41) is 10.7. The van der Waals surface area contributed by atoms with Gasteiger partial charge in [0.25, 0.3) is 5.91 Å². The molecule has 3 N–H and O–H groups in total. The lowest BCUT2D eigenvalue weighted by atomic mass is 9.96. The molecule has 21 heteroatoms. The van der Waals surface area contributed by atoms with Gasteiger partial charge < -0.3 is 52.6 Å². The minimum atomic E-state index is -1.15. The van der Waals surface area contributed by atoms with Crippen molar-refractivity contribution in [2.24, 2.45) is 11.8 Å². The minimum absolute atomic E-state index is 0.01000. The summed E-state index contributed by atoms with van der Waals surface area (Å²) in [6, 6.07) is 5.49. The molecule has 0 aliphatic carbocycles. The maximum absolute atomic E-state index is 14.2. The van der Waals surface area contributed by atoms with Crippen LogP contribution in [0.3, 0.4) is 0 Å². The van der Waals surface area contributed by atoms with Gasteiger partial charge in [0.15, 0.2) is 22.8 Å². The zero-order valence-corrected chi connectivity index (χ0v) is 35.9. The third-order valence-corrected chi connectivity index (χ3v) is 10.7. The maximum atomic E-state index is 14.2. The molecule has 6 heterocycles. The molecule has 4 atom stereocenters. The SMILES string of the molecule is CC[C@H](C)[C@H]1NC(=O)c2nc(oc2-c2ccccc2)-c2coc(n2)-c2csc(n2)-c2coc(n2)-c2coc(n2)[C@H](COC(=O)COCCOCCOC)NC(=O)[C@H](C(C)C)NC1=O. The van der Waals surface area contributed by atoms with E-state index in [1.807, 2.05) is 13.0 Å². The van der Waals surface area contributed by atoms with Crippen molar-refractivity contribution >= 4 is 35.0 Å². The van der Waals surface area contributed by atoms with E-state index in [-0.39, 0.29) is 59.6 Å². The molecule has 20 nitrogen and oxygen atoms in total. The number of fused-ring (bicyclic) bond motifs is 14. The third-order valence-electron chi connectivity index (χ3n) is 9.87. The standard InChI is InChI=1S/C42H46N8O12S/c1-6-23(4)32-36(53)48-31(22(2)3)35(52)43-25(16-58-30(51)20-57-15-14-56-13-12-55-5)38-44-26(17-59-38)39-46-28(19-61-39)42-47-29(21-63-42)40-45-27(18-60-40)41-50-33(37(54)49-32)34(62-41)24-10-8-7-9-11-24/h7-11,17-19,21-23,25,31-32H,6,12-16,20H2,1-5H3,(H,43,52)(H,48,53)(H,49,54)/t23-,25-,31-,32+/m0/s1. The lowest BCUT2D eigenvalue weighted by molar-refractivity contribution is -0.151. The van der Waals surface area contributed by atoms with Gasteiger partial charge in [0.2, 0.25) is 35.4 Å². The van der Waals surface area contributed by atoms with Gasteiger partial charge in [-0.25, -0.2) is 29.7 Å². The molecule has 332 valence electrons. The predicted molar refractivity (Wildman–Crippen MR) is 222 cm³/mol. The number of thiazole rings is 1. The van der Waals surface area contributed by atoms with E-state index in [9.17, 15) is 19.2 Å².